The third kappa shape index (κ3) is 2.07. The van der Waals surface area contributed by atoms with E-state index in [1.54, 1.807) is 0 Å². The molecule has 4 rings (SSSR count). The molecular weight excluding hydrogens is 288 g/mol. The number of nitrogen functional groups attached to an aromatic ring is 1. The number of hydrogen-bond acceptors (Lipinski definition) is 7. The molecule has 0 radical (unpaired) electrons. The van der Waals surface area contributed by atoms with Crippen LogP contribution < -0.4 is 20.7 Å². The maximum atomic E-state index is 5.93. The molecule has 1 unspecified atom stereocenters. The van der Waals surface area contributed by atoms with Crippen molar-refractivity contribution >= 4 is 27.4 Å². The molecule has 1 atom stereocenters. The fourth-order valence-corrected chi connectivity index (χ4v) is 3.04. The lowest BCUT2D eigenvalue weighted by atomic mass is 10.2. The van der Waals surface area contributed by atoms with Crippen LogP contribution in [0.2, 0.25) is 0 Å². The fraction of sp³-hybridized carbons (Fsp3) is 0.143. The normalized spacial score (nSPS) is 16.9. The third-order valence-electron chi connectivity index (χ3n) is 3.28. The van der Waals surface area contributed by atoms with Gasteiger partial charge in [0.05, 0.1) is 5.39 Å². The maximum absolute atomic E-state index is 5.93. The Kier molecular flexibility index (Phi) is 2.87. The van der Waals surface area contributed by atoms with E-state index in [4.69, 9.17) is 15.3 Å². The van der Waals surface area contributed by atoms with Crippen LogP contribution in [0.5, 0.6) is 11.5 Å². The van der Waals surface area contributed by atoms with E-state index in [1.807, 2.05) is 35.7 Å². The highest BCUT2D eigenvalue weighted by atomic mass is 32.1. The van der Waals surface area contributed by atoms with Crippen molar-refractivity contribution in [1.29, 1.82) is 0 Å². The molecule has 0 aliphatic carbocycles. The standard InChI is InChI=1S/C14H12N4O2S/c15-18-12-8-5-6-21-14(8)17-13(16-12)11-7-19-9-3-1-2-4-10(9)20-11/h1-6,11H,7,15H2,(H,16,17,18). The zero-order chi connectivity index (χ0) is 14.2. The van der Waals surface area contributed by atoms with Gasteiger partial charge in [0.25, 0.3) is 0 Å². The number of nitrogens with zero attached hydrogens (tertiary/aromatic N) is 2. The van der Waals surface area contributed by atoms with Gasteiger partial charge in [0.15, 0.2) is 29.2 Å². The van der Waals surface area contributed by atoms with Crippen LogP contribution in [0.1, 0.15) is 11.9 Å². The van der Waals surface area contributed by atoms with Gasteiger partial charge in [0, 0.05) is 0 Å². The Morgan fingerprint density at radius 1 is 1.19 bits per heavy atom. The lowest BCUT2D eigenvalue weighted by Crippen LogP contribution is -2.24. The molecule has 0 spiro atoms. The van der Waals surface area contributed by atoms with Gasteiger partial charge in [-0.1, -0.05) is 12.1 Å². The lowest BCUT2D eigenvalue weighted by Gasteiger charge is -2.25. The minimum atomic E-state index is -0.349. The van der Waals surface area contributed by atoms with Crippen molar-refractivity contribution in [2.24, 2.45) is 5.84 Å². The first-order chi connectivity index (χ1) is 10.3. The van der Waals surface area contributed by atoms with E-state index in [0.717, 1.165) is 16.0 Å². The van der Waals surface area contributed by atoms with Gasteiger partial charge in [-0.25, -0.2) is 15.8 Å². The number of nitrogens with one attached hydrogen (secondary N) is 1. The van der Waals surface area contributed by atoms with E-state index in [0.29, 0.717) is 24.0 Å². The predicted molar refractivity (Wildman–Crippen MR) is 80.5 cm³/mol. The van der Waals surface area contributed by atoms with Crippen LogP contribution in [0.3, 0.4) is 0 Å². The van der Waals surface area contributed by atoms with Crippen LogP contribution in [-0.4, -0.2) is 16.6 Å². The highest BCUT2D eigenvalue weighted by Crippen LogP contribution is 2.36. The van der Waals surface area contributed by atoms with E-state index in [-0.39, 0.29) is 6.10 Å². The molecule has 2 aromatic heterocycles. The first-order valence-electron chi connectivity index (χ1n) is 6.45. The zero-order valence-electron chi connectivity index (χ0n) is 10.9. The number of hydrogen-bond donors (Lipinski definition) is 2. The molecular formula is C14H12N4O2S. The van der Waals surface area contributed by atoms with Crippen LogP contribution in [0.4, 0.5) is 5.82 Å². The van der Waals surface area contributed by atoms with Gasteiger partial charge in [0.1, 0.15) is 11.4 Å². The molecule has 106 valence electrons. The monoisotopic (exact) mass is 300 g/mol. The Balaban J connectivity index is 1.74. The summed E-state index contributed by atoms with van der Waals surface area (Å²) in [6, 6.07) is 9.50. The second-order valence-electron chi connectivity index (χ2n) is 4.58. The number of ether oxygens (including phenoxy) is 2. The number of benzene rings is 1. The molecule has 0 fully saturated rings. The highest BCUT2D eigenvalue weighted by molar-refractivity contribution is 7.16. The quantitative estimate of drug-likeness (QED) is 0.559. The van der Waals surface area contributed by atoms with Crippen LogP contribution in [0, 0.1) is 0 Å². The van der Waals surface area contributed by atoms with Crippen molar-refractivity contribution in [1.82, 2.24) is 9.97 Å². The van der Waals surface area contributed by atoms with Crippen LogP contribution in [0.15, 0.2) is 35.7 Å². The first kappa shape index (κ1) is 12.4. The van der Waals surface area contributed by atoms with Gasteiger partial charge in [0.2, 0.25) is 0 Å². The fourth-order valence-electron chi connectivity index (χ4n) is 2.27. The van der Waals surface area contributed by atoms with Crippen molar-refractivity contribution in [3.63, 3.8) is 0 Å². The van der Waals surface area contributed by atoms with Gasteiger partial charge < -0.3 is 14.9 Å². The van der Waals surface area contributed by atoms with Crippen molar-refractivity contribution in [3.05, 3.63) is 41.5 Å². The Morgan fingerprint density at radius 3 is 2.90 bits per heavy atom. The Morgan fingerprint density at radius 2 is 2.05 bits per heavy atom. The largest absolute Gasteiger partial charge is 0.485 e. The number of rotatable bonds is 2. The molecule has 0 saturated carbocycles. The topological polar surface area (TPSA) is 82.3 Å². The average molecular weight is 300 g/mol. The van der Waals surface area contributed by atoms with Crippen LogP contribution in [-0.2, 0) is 0 Å². The molecule has 0 amide bonds. The smallest absolute Gasteiger partial charge is 0.192 e. The van der Waals surface area contributed by atoms with E-state index in [2.05, 4.69) is 15.4 Å². The lowest BCUT2D eigenvalue weighted by molar-refractivity contribution is 0.0854. The summed E-state index contributed by atoms with van der Waals surface area (Å²) in [5.74, 6) is 8.14. The van der Waals surface area contributed by atoms with Crippen molar-refractivity contribution in [3.8, 4) is 11.5 Å². The Bertz CT molecular complexity index is 805. The van der Waals surface area contributed by atoms with E-state index >= 15 is 0 Å². The van der Waals surface area contributed by atoms with Crippen LogP contribution >= 0.6 is 11.3 Å². The summed E-state index contributed by atoms with van der Waals surface area (Å²) in [4.78, 5) is 9.86. The van der Waals surface area contributed by atoms with Crippen molar-refractivity contribution < 1.29 is 9.47 Å². The summed E-state index contributed by atoms with van der Waals surface area (Å²) >= 11 is 1.54. The second-order valence-corrected chi connectivity index (χ2v) is 5.47. The summed E-state index contributed by atoms with van der Waals surface area (Å²) in [7, 11) is 0. The minimum Gasteiger partial charge on any atom is -0.485 e. The predicted octanol–water partition coefficient (Wildman–Crippen LogP) is 2.49. The maximum Gasteiger partial charge on any atom is 0.192 e. The molecule has 3 N–H and O–H groups in total. The van der Waals surface area contributed by atoms with Crippen molar-refractivity contribution in [2.45, 2.75) is 6.10 Å². The van der Waals surface area contributed by atoms with Gasteiger partial charge >= 0.3 is 0 Å². The van der Waals surface area contributed by atoms with Gasteiger partial charge in [-0.2, -0.15) is 0 Å². The molecule has 3 aromatic rings. The van der Waals surface area contributed by atoms with Gasteiger partial charge in [-0.05, 0) is 23.6 Å². The molecule has 1 aliphatic rings. The number of hydrazine groups is 1. The third-order valence-corrected chi connectivity index (χ3v) is 4.08. The summed E-state index contributed by atoms with van der Waals surface area (Å²) in [5.41, 5.74) is 2.61. The van der Waals surface area contributed by atoms with Gasteiger partial charge in [-0.15, -0.1) is 11.3 Å². The molecule has 7 heteroatoms. The molecule has 0 saturated heterocycles. The molecule has 1 aromatic carbocycles. The zero-order valence-corrected chi connectivity index (χ0v) is 11.8. The van der Waals surface area contributed by atoms with E-state index in [9.17, 15) is 0 Å². The molecule has 3 heterocycles. The molecule has 0 bridgehead atoms. The minimum absolute atomic E-state index is 0.349. The van der Waals surface area contributed by atoms with Crippen LogP contribution in [0.25, 0.3) is 10.2 Å². The molecule has 21 heavy (non-hydrogen) atoms. The van der Waals surface area contributed by atoms with Gasteiger partial charge in [-0.3, -0.25) is 0 Å². The number of aromatic nitrogens is 2. The summed E-state index contributed by atoms with van der Waals surface area (Å²) in [6.07, 6.45) is -0.349. The Hall–Kier alpha value is -2.38. The number of fused-ring (bicyclic) bond motifs is 2. The summed E-state index contributed by atoms with van der Waals surface area (Å²) in [6.45, 7) is 0.373. The average Bonchev–Trinajstić information content (AvgIpc) is 3.02. The summed E-state index contributed by atoms with van der Waals surface area (Å²) in [5, 5.41) is 2.86. The number of para-hydroxylation sites is 2. The van der Waals surface area contributed by atoms with E-state index < -0.39 is 0 Å². The Labute approximate surface area is 124 Å². The molecule has 1 aliphatic heterocycles. The van der Waals surface area contributed by atoms with Crippen molar-refractivity contribution in [2.75, 3.05) is 12.0 Å². The summed E-state index contributed by atoms with van der Waals surface area (Å²) < 4.78 is 11.6. The van der Waals surface area contributed by atoms with E-state index in [1.165, 1.54) is 11.3 Å². The number of thiophene rings is 1. The molecule has 6 nitrogen and oxygen atoms in total. The SMILES string of the molecule is NNc1nc(C2COc3ccccc3O2)nc2sccc12. The first-order valence-corrected chi connectivity index (χ1v) is 7.33. The second kappa shape index (κ2) is 4.87. The number of nitrogens with two attached hydrogens (primary N) is 1. The highest BCUT2D eigenvalue weighted by Gasteiger charge is 2.25. The number of anilines is 1.